The van der Waals surface area contributed by atoms with E-state index in [1.807, 2.05) is 31.4 Å². The first-order chi connectivity index (χ1) is 16.7. The molecule has 1 aliphatic rings. The lowest BCUT2D eigenvalue weighted by Gasteiger charge is -2.30. The first-order valence-corrected chi connectivity index (χ1v) is 13.8. The van der Waals surface area contributed by atoms with E-state index in [4.69, 9.17) is 9.47 Å². The van der Waals surface area contributed by atoms with Crippen molar-refractivity contribution in [3.63, 3.8) is 0 Å². The zero-order valence-electron chi connectivity index (χ0n) is 21.5. The molecule has 0 heterocycles. The van der Waals surface area contributed by atoms with Crippen LogP contribution in [-0.2, 0) is 4.74 Å². The van der Waals surface area contributed by atoms with Crippen molar-refractivity contribution in [3.8, 4) is 16.9 Å². The minimum atomic E-state index is -0.222. The summed E-state index contributed by atoms with van der Waals surface area (Å²) in [4.78, 5) is 0. The van der Waals surface area contributed by atoms with E-state index in [1.54, 1.807) is 0 Å². The van der Waals surface area contributed by atoms with Crippen molar-refractivity contribution in [2.45, 2.75) is 109 Å². The summed E-state index contributed by atoms with van der Waals surface area (Å²) < 4.78 is 26.4. The molecular weight excluding hydrogens is 423 g/mol. The van der Waals surface area contributed by atoms with Crippen LogP contribution in [0.15, 0.2) is 42.5 Å². The third kappa shape index (κ3) is 8.41. The Bertz CT molecular complexity index is 817. The molecule has 0 saturated heterocycles. The second kappa shape index (κ2) is 15.2. The zero-order valence-corrected chi connectivity index (χ0v) is 21.5. The molecule has 0 spiro atoms. The van der Waals surface area contributed by atoms with Crippen molar-refractivity contribution in [1.29, 1.82) is 0 Å². The van der Waals surface area contributed by atoms with E-state index in [2.05, 4.69) is 19.1 Å². The lowest BCUT2D eigenvalue weighted by molar-refractivity contribution is 0.0523. The van der Waals surface area contributed by atoms with Crippen LogP contribution >= 0.6 is 0 Å². The van der Waals surface area contributed by atoms with Crippen LogP contribution in [0, 0.1) is 5.82 Å². The van der Waals surface area contributed by atoms with Crippen LogP contribution in [0.3, 0.4) is 0 Å². The highest BCUT2D eigenvalue weighted by atomic mass is 19.1. The van der Waals surface area contributed by atoms with Gasteiger partial charge < -0.3 is 9.47 Å². The van der Waals surface area contributed by atoms with Gasteiger partial charge in [-0.25, -0.2) is 4.39 Å². The number of halogens is 1. The van der Waals surface area contributed by atoms with Gasteiger partial charge in [0.05, 0.1) is 12.7 Å². The average molecular weight is 469 g/mol. The lowest BCUT2D eigenvalue weighted by Crippen LogP contribution is -2.24. The third-order valence-corrected chi connectivity index (χ3v) is 7.36. The van der Waals surface area contributed by atoms with E-state index in [0.717, 1.165) is 24.8 Å². The predicted molar refractivity (Wildman–Crippen MR) is 141 cm³/mol. The van der Waals surface area contributed by atoms with Crippen molar-refractivity contribution in [1.82, 2.24) is 0 Å². The van der Waals surface area contributed by atoms with E-state index in [0.29, 0.717) is 29.9 Å². The van der Waals surface area contributed by atoms with E-state index >= 15 is 0 Å². The maximum absolute atomic E-state index is 14.8. The summed E-state index contributed by atoms with van der Waals surface area (Å²) >= 11 is 0. The quantitative estimate of drug-likeness (QED) is 0.242. The Kier molecular flexibility index (Phi) is 11.9. The first-order valence-electron chi connectivity index (χ1n) is 13.8. The molecule has 2 aromatic carbocycles. The number of rotatable bonds is 15. The summed E-state index contributed by atoms with van der Waals surface area (Å²) in [5, 5.41) is 0. The molecule has 2 aromatic rings. The predicted octanol–water partition coefficient (Wildman–Crippen LogP) is 9.46. The summed E-state index contributed by atoms with van der Waals surface area (Å²) in [5.74, 6) is 0.846. The van der Waals surface area contributed by atoms with Crippen LogP contribution in [0.4, 0.5) is 4.39 Å². The maximum Gasteiger partial charge on any atom is 0.134 e. The Morgan fingerprint density at radius 3 is 2.09 bits per heavy atom. The summed E-state index contributed by atoms with van der Waals surface area (Å²) in [5.41, 5.74) is 2.84. The zero-order chi connectivity index (χ0) is 24.0. The molecule has 0 aromatic heterocycles. The van der Waals surface area contributed by atoms with Crippen molar-refractivity contribution in [2.24, 2.45) is 0 Å². The van der Waals surface area contributed by atoms with E-state index in [-0.39, 0.29) is 5.82 Å². The van der Waals surface area contributed by atoms with Crippen LogP contribution in [-0.4, -0.2) is 19.8 Å². The lowest BCUT2D eigenvalue weighted by atomic mass is 9.81. The number of hydrogen-bond acceptors (Lipinski definition) is 2. The molecule has 0 bridgehead atoms. The first kappa shape index (κ1) is 26.7. The number of unbranched alkanes of at least 4 members (excludes halogenated alkanes) is 9. The standard InChI is InChI=1S/C31H45FO2/c1-3-4-5-6-7-8-9-10-11-14-23-34-27-21-22-28(30(32)24-27)25-17-19-26(20-18-25)29-15-12-13-16-31(29)33-2/h17-22,24,29,31H,3-16,23H2,1-2H3/t29-,31+/m1/s1. The summed E-state index contributed by atoms with van der Waals surface area (Å²) in [6.07, 6.45) is 18.1. The Balaban J connectivity index is 1.40. The summed E-state index contributed by atoms with van der Waals surface area (Å²) in [7, 11) is 1.81. The van der Waals surface area contributed by atoms with Gasteiger partial charge in [0, 0.05) is 24.7 Å². The topological polar surface area (TPSA) is 18.5 Å². The SMILES string of the molecule is CCCCCCCCCCCCOc1ccc(-c2ccc([C@H]3CCCC[C@@H]3OC)cc2)c(F)c1. The van der Waals surface area contributed by atoms with Gasteiger partial charge in [-0.1, -0.05) is 102 Å². The van der Waals surface area contributed by atoms with Gasteiger partial charge >= 0.3 is 0 Å². The molecule has 2 atom stereocenters. The highest BCUT2D eigenvalue weighted by Gasteiger charge is 2.26. The van der Waals surface area contributed by atoms with Gasteiger partial charge in [-0.05, 0) is 42.5 Å². The van der Waals surface area contributed by atoms with Crippen LogP contribution in [0.2, 0.25) is 0 Å². The van der Waals surface area contributed by atoms with Gasteiger partial charge in [0.2, 0.25) is 0 Å². The minimum absolute atomic E-state index is 0.222. The molecule has 2 nitrogen and oxygen atoms in total. The highest BCUT2D eigenvalue weighted by molar-refractivity contribution is 5.65. The second-order valence-corrected chi connectivity index (χ2v) is 9.96. The molecule has 0 amide bonds. The van der Waals surface area contributed by atoms with E-state index < -0.39 is 0 Å². The Morgan fingerprint density at radius 2 is 1.44 bits per heavy atom. The minimum Gasteiger partial charge on any atom is -0.493 e. The number of methoxy groups -OCH3 is 1. The average Bonchev–Trinajstić information content (AvgIpc) is 2.87. The van der Waals surface area contributed by atoms with Gasteiger partial charge in [0.1, 0.15) is 11.6 Å². The molecule has 1 fully saturated rings. The number of benzene rings is 2. The van der Waals surface area contributed by atoms with E-state index in [9.17, 15) is 4.39 Å². The van der Waals surface area contributed by atoms with Crippen molar-refractivity contribution < 1.29 is 13.9 Å². The maximum atomic E-state index is 14.8. The molecule has 34 heavy (non-hydrogen) atoms. The van der Waals surface area contributed by atoms with Gasteiger partial charge in [0.15, 0.2) is 0 Å². The van der Waals surface area contributed by atoms with Gasteiger partial charge in [-0.2, -0.15) is 0 Å². The number of hydrogen-bond donors (Lipinski definition) is 0. The molecule has 0 unspecified atom stereocenters. The van der Waals surface area contributed by atoms with Gasteiger partial charge in [0.25, 0.3) is 0 Å². The molecule has 3 rings (SSSR count). The highest BCUT2D eigenvalue weighted by Crippen LogP contribution is 2.36. The summed E-state index contributed by atoms with van der Waals surface area (Å²) in [6.45, 7) is 2.92. The largest absolute Gasteiger partial charge is 0.493 e. The van der Waals surface area contributed by atoms with Crippen molar-refractivity contribution >= 4 is 0 Å². The molecular formula is C31H45FO2. The van der Waals surface area contributed by atoms with Gasteiger partial charge in [-0.15, -0.1) is 0 Å². The number of ether oxygens (including phenoxy) is 2. The van der Waals surface area contributed by atoms with Crippen LogP contribution in [0.5, 0.6) is 5.75 Å². The Labute approximate surface area is 207 Å². The second-order valence-electron chi connectivity index (χ2n) is 9.96. The fourth-order valence-corrected chi connectivity index (χ4v) is 5.27. The Morgan fingerprint density at radius 1 is 0.794 bits per heavy atom. The molecule has 1 saturated carbocycles. The normalized spacial score (nSPS) is 18.2. The summed E-state index contributed by atoms with van der Waals surface area (Å²) in [6, 6.07) is 13.6. The monoisotopic (exact) mass is 468 g/mol. The van der Waals surface area contributed by atoms with Crippen LogP contribution < -0.4 is 4.74 Å². The molecule has 188 valence electrons. The van der Waals surface area contributed by atoms with Crippen molar-refractivity contribution in [2.75, 3.05) is 13.7 Å². The fourth-order valence-electron chi connectivity index (χ4n) is 5.27. The molecule has 0 radical (unpaired) electrons. The Hall–Kier alpha value is -1.87. The molecule has 3 heteroatoms. The van der Waals surface area contributed by atoms with E-state index in [1.165, 1.54) is 82.3 Å². The molecule has 1 aliphatic carbocycles. The fraction of sp³-hybridized carbons (Fsp3) is 0.613. The third-order valence-electron chi connectivity index (χ3n) is 7.36. The molecule has 0 aliphatic heterocycles. The van der Waals surface area contributed by atoms with Crippen LogP contribution in [0.25, 0.3) is 11.1 Å². The van der Waals surface area contributed by atoms with Crippen LogP contribution in [0.1, 0.15) is 108 Å². The smallest absolute Gasteiger partial charge is 0.134 e. The van der Waals surface area contributed by atoms with Crippen molar-refractivity contribution in [3.05, 3.63) is 53.8 Å². The van der Waals surface area contributed by atoms with Gasteiger partial charge in [-0.3, -0.25) is 0 Å². The molecule has 0 N–H and O–H groups in total.